The van der Waals surface area contributed by atoms with Crippen molar-refractivity contribution in [2.75, 3.05) is 5.32 Å². The lowest BCUT2D eigenvalue weighted by Crippen LogP contribution is -2.17. The third-order valence-electron chi connectivity index (χ3n) is 3.29. The predicted molar refractivity (Wildman–Crippen MR) is 85.9 cm³/mol. The van der Waals surface area contributed by atoms with E-state index in [4.69, 9.17) is 5.11 Å². The molecular weight excluding hydrogens is 317 g/mol. The summed E-state index contributed by atoms with van der Waals surface area (Å²) in [4.78, 5) is 16.4. The summed E-state index contributed by atoms with van der Waals surface area (Å²) in [5.41, 5.74) is 1.43. The van der Waals surface area contributed by atoms with Crippen molar-refractivity contribution in [3.8, 4) is 0 Å². The molecule has 0 aliphatic carbocycles. The van der Waals surface area contributed by atoms with Crippen LogP contribution in [0.2, 0.25) is 0 Å². The van der Waals surface area contributed by atoms with Gasteiger partial charge in [-0.3, -0.25) is 10.1 Å². The highest BCUT2D eigenvalue weighted by atomic mass is 32.1. The van der Waals surface area contributed by atoms with Crippen LogP contribution in [0.4, 0.5) is 9.52 Å². The van der Waals surface area contributed by atoms with E-state index in [1.807, 2.05) is 0 Å². The van der Waals surface area contributed by atoms with Crippen LogP contribution in [-0.2, 0) is 13.2 Å². The number of hydrogen-bond acceptors (Lipinski definition) is 4. The number of rotatable bonds is 5. The summed E-state index contributed by atoms with van der Waals surface area (Å²) < 4.78 is 15.4. The Morgan fingerprint density at radius 3 is 2.87 bits per heavy atom. The minimum Gasteiger partial charge on any atom is -0.390 e. The summed E-state index contributed by atoms with van der Waals surface area (Å²) in [6.45, 7) is 0.0955. The van der Waals surface area contributed by atoms with Gasteiger partial charge in [-0.1, -0.05) is 18.2 Å². The molecule has 2 N–H and O–H groups in total. The van der Waals surface area contributed by atoms with E-state index in [9.17, 15) is 9.18 Å². The Bertz CT molecular complexity index is 828. The third-order valence-corrected chi connectivity index (χ3v) is 4.10. The molecule has 0 atom stereocenters. The van der Waals surface area contributed by atoms with Crippen molar-refractivity contribution < 1.29 is 14.3 Å². The molecule has 118 valence electrons. The van der Waals surface area contributed by atoms with Gasteiger partial charge in [0.1, 0.15) is 11.5 Å². The number of hydrogen-bond donors (Lipinski definition) is 2. The third kappa shape index (κ3) is 3.46. The Morgan fingerprint density at radius 1 is 1.30 bits per heavy atom. The molecule has 5 nitrogen and oxygen atoms in total. The lowest BCUT2D eigenvalue weighted by atomic mass is 10.2. The van der Waals surface area contributed by atoms with E-state index < -0.39 is 0 Å². The molecule has 3 aromatic rings. The average Bonchev–Trinajstić information content (AvgIpc) is 3.18. The van der Waals surface area contributed by atoms with Gasteiger partial charge >= 0.3 is 0 Å². The minimum absolute atomic E-state index is 0.171. The van der Waals surface area contributed by atoms with E-state index in [-0.39, 0.29) is 24.9 Å². The summed E-state index contributed by atoms with van der Waals surface area (Å²) in [6.07, 6.45) is 1.72. The number of nitrogens with one attached hydrogen (secondary N) is 1. The number of carbonyl (C=O) groups is 1. The van der Waals surface area contributed by atoms with Gasteiger partial charge in [0.25, 0.3) is 5.91 Å². The van der Waals surface area contributed by atoms with Crippen LogP contribution in [0.5, 0.6) is 0 Å². The summed E-state index contributed by atoms with van der Waals surface area (Å²) in [6, 6.07) is 9.86. The molecule has 0 aliphatic heterocycles. The van der Waals surface area contributed by atoms with Crippen molar-refractivity contribution in [2.45, 2.75) is 13.2 Å². The molecule has 2 heterocycles. The Labute approximate surface area is 136 Å². The molecule has 0 aliphatic rings. The van der Waals surface area contributed by atoms with E-state index in [1.54, 1.807) is 46.5 Å². The number of anilines is 1. The number of carbonyl (C=O) groups excluding carboxylic acids is 1. The second-order valence-electron chi connectivity index (χ2n) is 4.87. The maximum absolute atomic E-state index is 13.8. The van der Waals surface area contributed by atoms with Crippen LogP contribution in [-0.4, -0.2) is 20.6 Å². The number of amides is 1. The first-order valence-electron chi connectivity index (χ1n) is 6.92. The van der Waals surface area contributed by atoms with Crippen LogP contribution >= 0.6 is 11.3 Å². The standard InChI is InChI=1S/C16H14FN3O2S/c17-13-5-2-1-4-11(13)8-20-7-3-6-14(20)15(22)19-16-18-12(9-21)10-23-16/h1-7,10,21H,8-9H2,(H,18,19,22). The van der Waals surface area contributed by atoms with E-state index in [1.165, 1.54) is 17.4 Å². The molecule has 0 unspecified atom stereocenters. The Hall–Kier alpha value is -2.51. The first-order valence-corrected chi connectivity index (χ1v) is 7.80. The van der Waals surface area contributed by atoms with Gasteiger partial charge in [0.05, 0.1) is 18.8 Å². The van der Waals surface area contributed by atoms with E-state index >= 15 is 0 Å². The monoisotopic (exact) mass is 331 g/mol. The van der Waals surface area contributed by atoms with Crippen molar-refractivity contribution in [3.63, 3.8) is 0 Å². The van der Waals surface area contributed by atoms with Gasteiger partial charge in [-0.25, -0.2) is 9.37 Å². The maximum atomic E-state index is 13.8. The highest BCUT2D eigenvalue weighted by Gasteiger charge is 2.14. The molecule has 7 heteroatoms. The molecule has 0 bridgehead atoms. The number of halogens is 1. The summed E-state index contributed by atoms with van der Waals surface area (Å²) in [5, 5.41) is 13.8. The maximum Gasteiger partial charge on any atom is 0.274 e. The number of thiazole rings is 1. The van der Waals surface area contributed by atoms with Crippen LogP contribution in [0.25, 0.3) is 0 Å². The molecule has 0 saturated heterocycles. The Morgan fingerprint density at radius 2 is 2.13 bits per heavy atom. The van der Waals surface area contributed by atoms with Crippen molar-refractivity contribution in [1.29, 1.82) is 0 Å². The summed E-state index contributed by atoms with van der Waals surface area (Å²) >= 11 is 1.24. The molecule has 2 aromatic heterocycles. The SMILES string of the molecule is O=C(Nc1nc(CO)cs1)c1cccn1Cc1ccccc1F. The van der Waals surface area contributed by atoms with Gasteiger partial charge in [-0.2, -0.15) is 0 Å². The molecular formula is C16H14FN3O2S. The fraction of sp³-hybridized carbons (Fsp3) is 0.125. The summed E-state index contributed by atoms with van der Waals surface area (Å²) in [7, 11) is 0. The van der Waals surface area contributed by atoms with Crippen molar-refractivity contribution in [2.24, 2.45) is 0 Å². The van der Waals surface area contributed by atoms with Crippen LogP contribution < -0.4 is 5.32 Å². The van der Waals surface area contributed by atoms with E-state index in [2.05, 4.69) is 10.3 Å². The van der Waals surface area contributed by atoms with E-state index in [0.717, 1.165) is 0 Å². The van der Waals surface area contributed by atoms with Gasteiger partial charge in [0, 0.05) is 17.1 Å². The largest absolute Gasteiger partial charge is 0.390 e. The smallest absolute Gasteiger partial charge is 0.274 e. The van der Waals surface area contributed by atoms with Gasteiger partial charge in [0.15, 0.2) is 5.13 Å². The first kappa shape index (κ1) is 15.4. The molecule has 1 amide bonds. The van der Waals surface area contributed by atoms with Crippen molar-refractivity contribution >= 4 is 22.4 Å². The van der Waals surface area contributed by atoms with Crippen LogP contribution in [0, 0.1) is 5.82 Å². The first-order chi connectivity index (χ1) is 11.2. The summed E-state index contributed by atoms with van der Waals surface area (Å²) in [5.74, 6) is -0.634. The highest BCUT2D eigenvalue weighted by molar-refractivity contribution is 7.13. The average molecular weight is 331 g/mol. The topological polar surface area (TPSA) is 67.2 Å². The number of benzene rings is 1. The second-order valence-corrected chi connectivity index (χ2v) is 5.73. The zero-order valence-corrected chi connectivity index (χ0v) is 12.9. The van der Waals surface area contributed by atoms with Crippen molar-refractivity contribution in [1.82, 2.24) is 9.55 Å². The van der Waals surface area contributed by atoms with E-state index in [0.29, 0.717) is 22.1 Å². The lowest BCUT2D eigenvalue weighted by Gasteiger charge is -2.09. The van der Waals surface area contributed by atoms with Crippen LogP contribution in [0.1, 0.15) is 21.7 Å². The fourth-order valence-electron chi connectivity index (χ4n) is 2.17. The zero-order valence-electron chi connectivity index (χ0n) is 12.1. The second kappa shape index (κ2) is 6.72. The predicted octanol–water partition coefficient (Wildman–Crippen LogP) is 2.88. The molecule has 3 rings (SSSR count). The van der Waals surface area contributed by atoms with Gasteiger partial charge in [-0.05, 0) is 18.2 Å². The molecule has 0 fully saturated rings. The van der Waals surface area contributed by atoms with Gasteiger partial charge in [-0.15, -0.1) is 11.3 Å². The normalized spacial score (nSPS) is 10.7. The number of aliphatic hydroxyl groups excluding tert-OH is 1. The number of aromatic nitrogens is 2. The number of aliphatic hydroxyl groups is 1. The molecule has 0 spiro atoms. The molecule has 1 aromatic carbocycles. The fourth-order valence-corrected chi connectivity index (χ4v) is 2.86. The quantitative estimate of drug-likeness (QED) is 0.755. The van der Waals surface area contributed by atoms with Crippen LogP contribution in [0.15, 0.2) is 48.0 Å². The molecule has 23 heavy (non-hydrogen) atoms. The lowest BCUT2D eigenvalue weighted by molar-refractivity contribution is 0.101. The molecule has 0 saturated carbocycles. The van der Waals surface area contributed by atoms with Gasteiger partial charge in [0.2, 0.25) is 0 Å². The Kier molecular flexibility index (Phi) is 4.50. The van der Waals surface area contributed by atoms with Gasteiger partial charge < -0.3 is 9.67 Å². The Balaban J connectivity index is 1.77. The number of nitrogens with zero attached hydrogens (tertiary/aromatic N) is 2. The minimum atomic E-state index is -0.329. The zero-order chi connectivity index (χ0) is 16.2. The van der Waals surface area contributed by atoms with Crippen LogP contribution in [0.3, 0.4) is 0 Å². The highest BCUT2D eigenvalue weighted by Crippen LogP contribution is 2.17. The molecule has 0 radical (unpaired) electrons. The van der Waals surface area contributed by atoms with Crippen molar-refractivity contribution in [3.05, 3.63) is 70.7 Å².